The maximum atomic E-state index is 12.3. The molecule has 0 unspecified atom stereocenters. The van der Waals surface area contributed by atoms with Gasteiger partial charge in [-0.2, -0.15) is 5.26 Å². The minimum atomic E-state index is -3.34. The largest absolute Gasteiger partial charge is 0.309 e. The van der Waals surface area contributed by atoms with Gasteiger partial charge >= 0.3 is 0 Å². The molecule has 0 aliphatic rings. The summed E-state index contributed by atoms with van der Waals surface area (Å²) in [6, 6.07) is 10.3. The predicted octanol–water partition coefficient (Wildman–Crippen LogP) is 3.36. The smallest absolute Gasteiger partial charge is 0.179 e. The second kappa shape index (κ2) is 7.26. The lowest BCUT2D eigenvalue weighted by Crippen LogP contribution is -2.26. The molecule has 1 heterocycles. The van der Waals surface area contributed by atoms with Gasteiger partial charge in [-0.25, -0.2) is 8.42 Å². The summed E-state index contributed by atoms with van der Waals surface area (Å²) in [5, 5.41) is 12.0. The zero-order chi connectivity index (χ0) is 17.0. The molecular formula is C17H20N2O2S2. The summed E-state index contributed by atoms with van der Waals surface area (Å²) in [5.41, 5.74) is 1.68. The topological polar surface area (TPSA) is 70.0 Å². The Morgan fingerprint density at radius 2 is 1.91 bits per heavy atom. The molecule has 122 valence electrons. The number of thiophene rings is 1. The third-order valence-electron chi connectivity index (χ3n) is 3.71. The number of nitrogens with one attached hydrogen (secondary N) is 1. The van der Waals surface area contributed by atoms with Crippen LogP contribution in [0.2, 0.25) is 0 Å². The molecule has 6 heteroatoms. The van der Waals surface area contributed by atoms with Gasteiger partial charge in [-0.3, -0.25) is 0 Å². The zero-order valence-electron chi connectivity index (χ0n) is 13.5. The van der Waals surface area contributed by atoms with E-state index in [9.17, 15) is 8.42 Å². The fraction of sp³-hybridized carbons (Fsp3) is 0.353. The summed E-state index contributed by atoms with van der Waals surface area (Å²) < 4.78 is 24.6. The maximum absolute atomic E-state index is 12.3. The summed E-state index contributed by atoms with van der Waals surface area (Å²) in [4.78, 5) is 2.78. The van der Waals surface area contributed by atoms with Crippen LogP contribution < -0.4 is 5.32 Å². The molecule has 0 saturated heterocycles. The number of benzene rings is 1. The first kappa shape index (κ1) is 17.7. The van der Waals surface area contributed by atoms with Gasteiger partial charge in [-0.05, 0) is 56.7 Å². The lowest BCUT2D eigenvalue weighted by Gasteiger charge is -2.14. The molecule has 0 amide bonds. The zero-order valence-corrected chi connectivity index (χ0v) is 15.1. The second-order valence-electron chi connectivity index (χ2n) is 5.50. The number of sulfone groups is 1. The Bertz CT molecular complexity index is 815. The van der Waals surface area contributed by atoms with Gasteiger partial charge in [0.1, 0.15) is 0 Å². The third-order valence-corrected chi connectivity index (χ3v) is 6.42. The molecule has 0 bridgehead atoms. The normalized spacial score (nSPS) is 12.8. The van der Waals surface area contributed by atoms with Gasteiger partial charge in [0.2, 0.25) is 0 Å². The highest BCUT2D eigenvalue weighted by Crippen LogP contribution is 2.26. The van der Waals surface area contributed by atoms with E-state index in [2.05, 4.69) is 25.2 Å². The van der Waals surface area contributed by atoms with Crippen molar-refractivity contribution in [1.82, 2.24) is 5.32 Å². The molecule has 1 aromatic carbocycles. The molecule has 23 heavy (non-hydrogen) atoms. The minimum absolute atomic E-state index is 0.0331. The molecule has 0 fully saturated rings. The van der Waals surface area contributed by atoms with Gasteiger partial charge in [0.25, 0.3) is 0 Å². The molecule has 0 spiro atoms. The minimum Gasteiger partial charge on any atom is -0.309 e. The van der Waals surface area contributed by atoms with Crippen LogP contribution in [0.25, 0.3) is 0 Å². The van der Waals surface area contributed by atoms with Crippen LogP contribution in [0.3, 0.4) is 0 Å². The van der Waals surface area contributed by atoms with Crippen LogP contribution in [0, 0.1) is 25.2 Å². The van der Waals surface area contributed by atoms with Crippen molar-refractivity contribution in [2.45, 2.75) is 31.7 Å². The summed E-state index contributed by atoms with van der Waals surface area (Å²) in [5.74, 6) is 0.0331. The van der Waals surface area contributed by atoms with E-state index < -0.39 is 9.84 Å². The van der Waals surface area contributed by atoms with Gasteiger partial charge in [0, 0.05) is 22.3 Å². The Morgan fingerprint density at radius 3 is 2.43 bits per heavy atom. The fourth-order valence-electron chi connectivity index (χ4n) is 2.45. The molecule has 2 rings (SSSR count). The molecule has 0 aliphatic carbocycles. The standard InChI is InChI=1S/C17H20N2O2S2/c1-12-10-17(14(3)22-12)13(2)19-8-9-23(20,21)16-6-4-15(11-18)5-7-16/h4-7,10,13,19H,8-9H2,1-3H3/t13-/m1/s1. The number of hydrogen-bond acceptors (Lipinski definition) is 5. The van der Waals surface area contributed by atoms with Gasteiger partial charge in [-0.1, -0.05) is 0 Å². The first-order valence-electron chi connectivity index (χ1n) is 7.36. The highest BCUT2D eigenvalue weighted by Gasteiger charge is 2.16. The van der Waals surface area contributed by atoms with Crippen molar-refractivity contribution in [1.29, 1.82) is 5.26 Å². The number of nitriles is 1. The molecule has 1 aromatic heterocycles. The number of nitrogens with zero attached hydrogens (tertiary/aromatic N) is 1. The Hall–Kier alpha value is -1.68. The molecule has 4 nitrogen and oxygen atoms in total. The summed E-state index contributed by atoms with van der Waals surface area (Å²) >= 11 is 1.75. The first-order valence-corrected chi connectivity index (χ1v) is 9.83. The molecule has 1 atom stereocenters. The molecule has 0 radical (unpaired) electrons. The Kier molecular flexibility index (Phi) is 5.58. The third kappa shape index (κ3) is 4.41. The lowest BCUT2D eigenvalue weighted by molar-refractivity contribution is 0.572. The van der Waals surface area contributed by atoms with E-state index in [1.807, 2.05) is 13.0 Å². The lowest BCUT2D eigenvalue weighted by atomic mass is 10.1. The highest BCUT2D eigenvalue weighted by molar-refractivity contribution is 7.91. The quantitative estimate of drug-likeness (QED) is 0.869. The van der Waals surface area contributed by atoms with Crippen molar-refractivity contribution in [3.05, 3.63) is 51.2 Å². The maximum Gasteiger partial charge on any atom is 0.179 e. The van der Waals surface area contributed by atoms with Crippen molar-refractivity contribution in [3.8, 4) is 6.07 Å². The van der Waals surface area contributed by atoms with Gasteiger partial charge < -0.3 is 5.32 Å². The van der Waals surface area contributed by atoms with Crippen molar-refractivity contribution in [2.24, 2.45) is 0 Å². The highest BCUT2D eigenvalue weighted by atomic mass is 32.2. The van der Waals surface area contributed by atoms with Crippen LogP contribution in [0.5, 0.6) is 0 Å². The van der Waals surface area contributed by atoms with Crippen LogP contribution >= 0.6 is 11.3 Å². The Morgan fingerprint density at radius 1 is 1.26 bits per heavy atom. The Labute approximate surface area is 141 Å². The summed E-state index contributed by atoms with van der Waals surface area (Å²) in [6.07, 6.45) is 0. The molecular weight excluding hydrogens is 328 g/mol. The number of hydrogen-bond donors (Lipinski definition) is 1. The molecule has 2 aromatic rings. The summed E-state index contributed by atoms with van der Waals surface area (Å²) in [6.45, 7) is 6.59. The van der Waals surface area contributed by atoms with E-state index in [-0.39, 0.29) is 16.7 Å². The first-order chi connectivity index (χ1) is 10.8. The fourth-order valence-corrected chi connectivity index (χ4v) is 4.65. The van der Waals surface area contributed by atoms with E-state index in [1.165, 1.54) is 39.6 Å². The van der Waals surface area contributed by atoms with E-state index in [0.29, 0.717) is 12.1 Å². The van der Waals surface area contributed by atoms with Crippen LogP contribution in [-0.4, -0.2) is 20.7 Å². The number of rotatable bonds is 6. The van der Waals surface area contributed by atoms with E-state index >= 15 is 0 Å². The predicted molar refractivity (Wildman–Crippen MR) is 93.4 cm³/mol. The van der Waals surface area contributed by atoms with Gasteiger partial charge in [-0.15, -0.1) is 11.3 Å². The van der Waals surface area contributed by atoms with Crippen LogP contribution in [0.4, 0.5) is 0 Å². The molecule has 1 N–H and O–H groups in total. The van der Waals surface area contributed by atoms with Crippen molar-refractivity contribution >= 4 is 21.2 Å². The number of aryl methyl sites for hydroxylation is 2. The monoisotopic (exact) mass is 348 g/mol. The van der Waals surface area contributed by atoms with Crippen molar-refractivity contribution in [2.75, 3.05) is 12.3 Å². The average Bonchev–Trinajstić information content (AvgIpc) is 2.86. The van der Waals surface area contributed by atoms with Crippen LogP contribution in [-0.2, 0) is 9.84 Å². The average molecular weight is 348 g/mol. The van der Waals surface area contributed by atoms with Crippen LogP contribution in [0.1, 0.15) is 33.8 Å². The van der Waals surface area contributed by atoms with Gasteiger partial charge in [0.15, 0.2) is 9.84 Å². The Balaban J connectivity index is 1.96. The molecule has 0 aliphatic heterocycles. The molecule has 0 saturated carbocycles. The van der Waals surface area contributed by atoms with Crippen molar-refractivity contribution in [3.63, 3.8) is 0 Å². The van der Waals surface area contributed by atoms with Gasteiger partial charge in [0.05, 0.1) is 22.3 Å². The van der Waals surface area contributed by atoms with E-state index in [4.69, 9.17) is 5.26 Å². The van der Waals surface area contributed by atoms with Crippen molar-refractivity contribution < 1.29 is 8.42 Å². The van der Waals surface area contributed by atoms with E-state index in [0.717, 1.165) is 0 Å². The second-order valence-corrected chi connectivity index (χ2v) is 9.07. The van der Waals surface area contributed by atoms with Crippen LogP contribution in [0.15, 0.2) is 35.2 Å². The summed E-state index contributed by atoms with van der Waals surface area (Å²) in [7, 11) is -3.34. The van der Waals surface area contributed by atoms with E-state index in [1.54, 1.807) is 11.3 Å². The SMILES string of the molecule is Cc1cc([C@@H](C)NCCS(=O)(=O)c2ccc(C#N)cc2)c(C)s1.